The quantitative estimate of drug-likeness (QED) is 0.611. The maximum absolute atomic E-state index is 11.3. The van der Waals surface area contributed by atoms with Crippen molar-refractivity contribution < 1.29 is 9.53 Å². The summed E-state index contributed by atoms with van der Waals surface area (Å²) in [7, 11) is 0. The normalized spacial score (nSPS) is 10.2. The molecule has 0 spiro atoms. The molecule has 0 saturated heterocycles. The first-order chi connectivity index (χ1) is 9.19. The summed E-state index contributed by atoms with van der Waals surface area (Å²) in [6, 6.07) is 16.0. The average molecular weight is 254 g/mol. The second kappa shape index (κ2) is 6.19. The fourth-order valence-corrected chi connectivity index (χ4v) is 1.95. The Morgan fingerprint density at radius 2 is 1.89 bits per heavy atom. The summed E-state index contributed by atoms with van der Waals surface area (Å²) >= 11 is 0. The van der Waals surface area contributed by atoms with E-state index in [1.165, 1.54) is 11.1 Å². The molecule has 0 aliphatic heterocycles. The van der Waals surface area contributed by atoms with Gasteiger partial charge in [-0.2, -0.15) is 0 Å². The zero-order chi connectivity index (χ0) is 13.7. The van der Waals surface area contributed by atoms with Gasteiger partial charge in [-0.3, -0.25) is 4.79 Å². The molecule has 2 heteroatoms. The summed E-state index contributed by atoms with van der Waals surface area (Å²) in [6.07, 6.45) is 1.24. The van der Waals surface area contributed by atoms with Gasteiger partial charge in [-0.1, -0.05) is 43.3 Å². The van der Waals surface area contributed by atoms with Gasteiger partial charge < -0.3 is 4.74 Å². The number of hydrogen-bond donors (Lipinski definition) is 0. The molecule has 0 radical (unpaired) electrons. The molecule has 2 aromatic rings. The second-order valence-electron chi connectivity index (χ2n) is 4.58. The van der Waals surface area contributed by atoms with E-state index in [2.05, 4.69) is 25.1 Å². The molecule has 0 bridgehead atoms. The van der Waals surface area contributed by atoms with Crippen LogP contribution < -0.4 is 4.74 Å². The molecule has 0 amide bonds. The number of rotatable bonds is 4. The minimum atomic E-state index is -0.201. The van der Waals surface area contributed by atoms with Gasteiger partial charge in [0.1, 0.15) is 5.75 Å². The van der Waals surface area contributed by atoms with Crippen LogP contribution in [0.2, 0.25) is 0 Å². The van der Waals surface area contributed by atoms with Gasteiger partial charge in [0.05, 0.1) is 0 Å². The second-order valence-corrected chi connectivity index (χ2v) is 4.58. The van der Waals surface area contributed by atoms with Crippen molar-refractivity contribution in [1.29, 1.82) is 0 Å². The van der Waals surface area contributed by atoms with Crippen molar-refractivity contribution >= 4 is 5.97 Å². The molecule has 0 unspecified atom stereocenters. The van der Waals surface area contributed by atoms with Crippen LogP contribution in [0.1, 0.15) is 30.0 Å². The minimum Gasteiger partial charge on any atom is -0.427 e. The van der Waals surface area contributed by atoms with E-state index in [4.69, 9.17) is 4.74 Å². The SMILES string of the molecule is CCC(=O)Oc1cccc(Cc2ccccc2C)c1. The third-order valence-electron chi connectivity index (χ3n) is 3.07. The van der Waals surface area contributed by atoms with Gasteiger partial charge in [0.25, 0.3) is 0 Å². The highest BCUT2D eigenvalue weighted by Crippen LogP contribution is 2.18. The van der Waals surface area contributed by atoms with E-state index in [1.54, 1.807) is 6.92 Å². The molecule has 0 saturated carbocycles. The maximum Gasteiger partial charge on any atom is 0.310 e. The minimum absolute atomic E-state index is 0.201. The van der Waals surface area contributed by atoms with Crippen LogP contribution in [0.5, 0.6) is 5.75 Å². The molecule has 2 rings (SSSR count). The summed E-state index contributed by atoms with van der Waals surface area (Å²) in [6.45, 7) is 3.90. The standard InChI is InChI=1S/C17H18O2/c1-3-17(18)19-16-10-6-8-14(12-16)11-15-9-5-4-7-13(15)2/h4-10,12H,3,11H2,1-2H3. The molecule has 98 valence electrons. The monoisotopic (exact) mass is 254 g/mol. The molecule has 0 N–H and O–H groups in total. The van der Waals surface area contributed by atoms with Crippen LogP contribution in [0.15, 0.2) is 48.5 Å². The Hall–Kier alpha value is -2.09. The van der Waals surface area contributed by atoms with Gasteiger partial charge in [-0.25, -0.2) is 0 Å². The van der Waals surface area contributed by atoms with E-state index in [1.807, 2.05) is 30.3 Å². The lowest BCUT2D eigenvalue weighted by Crippen LogP contribution is -2.05. The molecule has 0 aliphatic carbocycles. The Bertz CT molecular complexity index is 573. The van der Waals surface area contributed by atoms with Crippen molar-refractivity contribution in [2.45, 2.75) is 26.7 Å². The number of carbonyl (C=O) groups excluding carboxylic acids is 1. The lowest BCUT2D eigenvalue weighted by molar-refractivity contribution is -0.134. The lowest BCUT2D eigenvalue weighted by atomic mass is 10.0. The first kappa shape index (κ1) is 13.3. The first-order valence-corrected chi connectivity index (χ1v) is 6.53. The third-order valence-corrected chi connectivity index (χ3v) is 3.07. The van der Waals surface area contributed by atoms with Crippen LogP contribution in [0.25, 0.3) is 0 Å². The van der Waals surface area contributed by atoms with E-state index in [0.717, 1.165) is 12.0 Å². The van der Waals surface area contributed by atoms with Crippen LogP contribution in [0.4, 0.5) is 0 Å². The van der Waals surface area contributed by atoms with Gasteiger partial charge in [-0.05, 0) is 42.2 Å². The summed E-state index contributed by atoms with van der Waals surface area (Å²) in [5.74, 6) is 0.422. The summed E-state index contributed by atoms with van der Waals surface area (Å²) in [4.78, 5) is 11.3. The Morgan fingerprint density at radius 1 is 1.11 bits per heavy atom. The number of benzene rings is 2. The smallest absolute Gasteiger partial charge is 0.310 e. The van der Waals surface area contributed by atoms with Crippen LogP contribution in [-0.4, -0.2) is 5.97 Å². The molecule has 0 aromatic heterocycles. The molecule has 0 aliphatic rings. The largest absolute Gasteiger partial charge is 0.427 e. The van der Waals surface area contributed by atoms with Gasteiger partial charge in [0, 0.05) is 6.42 Å². The number of aryl methyl sites for hydroxylation is 1. The highest BCUT2D eigenvalue weighted by atomic mass is 16.5. The zero-order valence-corrected chi connectivity index (χ0v) is 11.3. The summed E-state index contributed by atoms with van der Waals surface area (Å²) in [5, 5.41) is 0. The van der Waals surface area contributed by atoms with Gasteiger partial charge in [-0.15, -0.1) is 0 Å². The molecular weight excluding hydrogens is 236 g/mol. The lowest BCUT2D eigenvalue weighted by Gasteiger charge is -2.08. The van der Waals surface area contributed by atoms with E-state index in [9.17, 15) is 4.79 Å². The molecule has 0 heterocycles. The van der Waals surface area contributed by atoms with Crippen molar-refractivity contribution in [3.63, 3.8) is 0 Å². The summed E-state index contributed by atoms with van der Waals surface area (Å²) < 4.78 is 5.23. The van der Waals surface area contributed by atoms with E-state index < -0.39 is 0 Å². The zero-order valence-electron chi connectivity index (χ0n) is 11.3. The highest BCUT2D eigenvalue weighted by Gasteiger charge is 2.04. The average Bonchev–Trinajstić information content (AvgIpc) is 2.42. The van der Waals surface area contributed by atoms with Crippen molar-refractivity contribution in [2.75, 3.05) is 0 Å². The number of carbonyl (C=O) groups is 1. The number of hydrogen-bond acceptors (Lipinski definition) is 2. The Kier molecular flexibility index (Phi) is 4.35. The molecule has 2 aromatic carbocycles. The van der Waals surface area contributed by atoms with Gasteiger partial charge in [0.2, 0.25) is 0 Å². The number of ether oxygens (including phenoxy) is 1. The van der Waals surface area contributed by atoms with Crippen molar-refractivity contribution in [3.05, 3.63) is 65.2 Å². The third kappa shape index (κ3) is 3.68. The number of esters is 1. The van der Waals surface area contributed by atoms with E-state index in [0.29, 0.717) is 12.2 Å². The Morgan fingerprint density at radius 3 is 2.63 bits per heavy atom. The molecule has 0 fully saturated rings. The molecule has 19 heavy (non-hydrogen) atoms. The van der Waals surface area contributed by atoms with Crippen molar-refractivity contribution in [1.82, 2.24) is 0 Å². The predicted octanol–water partition coefficient (Wildman–Crippen LogP) is 3.90. The Balaban J connectivity index is 2.15. The van der Waals surface area contributed by atoms with Gasteiger partial charge >= 0.3 is 5.97 Å². The fraction of sp³-hybridized carbons (Fsp3) is 0.235. The molecular formula is C17H18O2. The van der Waals surface area contributed by atoms with Crippen LogP contribution in [-0.2, 0) is 11.2 Å². The first-order valence-electron chi connectivity index (χ1n) is 6.53. The molecule has 2 nitrogen and oxygen atoms in total. The van der Waals surface area contributed by atoms with Crippen LogP contribution in [0.3, 0.4) is 0 Å². The summed E-state index contributed by atoms with van der Waals surface area (Å²) in [5.41, 5.74) is 3.72. The Labute approximate surface area is 114 Å². The van der Waals surface area contributed by atoms with E-state index >= 15 is 0 Å². The topological polar surface area (TPSA) is 26.3 Å². The van der Waals surface area contributed by atoms with Crippen molar-refractivity contribution in [3.8, 4) is 5.75 Å². The van der Waals surface area contributed by atoms with Gasteiger partial charge in [0.15, 0.2) is 0 Å². The van der Waals surface area contributed by atoms with Crippen LogP contribution in [0, 0.1) is 6.92 Å². The highest BCUT2D eigenvalue weighted by molar-refractivity contribution is 5.71. The maximum atomic E-state index is 11.3. The molecule has 0 atom stereocenters. The van der Waals surface area contributed by atoms with E-state index in [-0.39, 0.29) is 5.97 Å². The van der Waals surface area contributed by atoms with Crippen LogP contribution >= 0.6 is 0 Å². The predicted molar refractivity (Wildman–Crippen MR) is 76.4 cm³/mol. The van der Waals surface area contributed by atoms with Crippen molar-refractivity contribution in [2.24, 2.45) is 0 Å². The fourth-order valence-electron chi connectivity index (χ4n) is 1.95.